The van der Waals surface area contributed by atoms with Gasteiger partial charge in [-0.1, -0.05) is 24.3 Å². The number of carbonyl (C=O) groups excluding carboxylic acids is 2. The minimum atomic E-state index is -0.478. The molecular weight excluding hydrogens is 385 g/mol. The molecule has 0 fully saturated rings. The first-order valence-electron chi connectivity index (χ1n) is 9.24. The quantitative estimate of drug-likeness (QED) is 0.637. The molecule has 0 bridgehead atoms. The first-order chi connectivity index (χ1) is 14.6. The van der Waals surface area contributed by atoms with Crippen molar-refractivity contribution in [2.45, 2.75) is 6.54 Å². The molecule has 2 aromatic carbocycles. The molecule has 1 aliphatic rings. The number of nitrogens with zero attached hydrogens (tertiary/aromatic N) is 2. The first-order valence-corrected chi connectivity index (χ1v) is 9.24. The molecule has 150 valence electrons. The summed E-state index contributed by atoms with van der Waals surface area (Å²) in [6, 6.07) is 16.1. The second-order valence-electron chi connectivity index (χ2n) is 6.64. The SMILES string of the molecule is COc1ccccc1C1=C(Nc2ccc(F)cc2)C(=O)N(Cc2cccnc2)C1=O. The predicted molar refractivity (Wildman–Crippen MR) is 110 cm³/mol. The highest BCUT2D eigenvalue weighted by atomic mass is 19.1. The molecular formula is C23H18FN3O3. The van der Waals surface area contributed by atoms with Crippen LogP contribution in [0.5, 0.6) is 5.75 Å². The van der Waals surface area contributed by atoms with Gasteiger partial charge >= 0.3 is 0 Å². The maximum atomic E-state index is 13.3. The third kappa shape index (κ3) is 3.65. The van der Waals surface area contributed by atoms with Crippen LogP contribution < -0.4 is 10.1 Å². The largest absolute Gasteiger partial charge is 0.496 e. The van der Waals surface area contributed by atoms with E-state index in [4.69, 9.17) is 4.74 Å². The molecule has 0 saturated heterocycles. The highest BCUT2D eigenvalue weighted by Gasteiger charge is 2.40. The fourth-order valence-electron chi connectivity index (χ4n) is 3.29. The van der Waals surface area contributed by atoms with Crippen molar-refractivity contribution in [3.8, 4) is 5.75 Å². The Bertz CT molecular complexity index is 1130. The van der Waals surface area contributed by atoms with Gasteiger partial charge in [0.2, 0.25) is 0 Å². The number of pyridine rings is 1. The van der Waals surface area contributed by atoms with Gasteiger partial charge in [0, 0.05) is 23.6 Å². The summed E-state index contributed by atoms with van der Waals surface area (Å²) in [7, 11) is 1.50. The Hall–Kier alpha value is -4.00. The second-order valence-corrected chi connectivity index (χ2v) is 6.64. The molecule has 2 heterocycles. The minimum absolute atomic E-state index is 0.0821. The number of amides is 2. The Morgan fingerprint density at radius 2 is 1.77 bits per heavy atom. The van der Waals surface area contributed by atoms with Crippen molar-refractivity contribution < 1.29 is 18.7 Å². The second kappa shape index (κ2) is 8.16. The number of ether oxygens (including phenoxy) is 1. The average Bonchev–Trinajstić information content (AvgIpc) is 3.00. The van der Waals surface area contributed by atoms with Gasteiger partial charge in [0.05, 0.1) is 19.2 Å². The van der Waals surface area contributed by atoms with Crippen molar-refractivity contribution in [3.05, 3.63) is 95.7 Å². The van der Waals surface area contributed by atoms with Crippen LogP contribution in [0.3, 0.4) is 0 Å². The van der Waals surface area contributed by atoms with Gasteiger partial charge in [-0.05, 0) is 42.0 Å². The molecule has 7 heteroatoms. The molecule has 30 heavy (non-hydrogen) atoms. The van der Waals surface area contributed by atoms with Crippen molar-refractivity contribution in [1.82, 2.24) is 9.88 Å². The van der Waals surface area contributed by atoms with Crippen molar-refractivity contribution >= 4 is 23.1 Å². The summed E-state index contributed by atoms with van der Waals surface area (Å²) >= 11 is 0. The van der Waals surface area contributed by atoms with Gasteiger partial charge in [-0.3, -0.25) is 19.5 Å². The topological polar surface area (TPSA) is 71.5 Å². The zero-order chi connectivity index (χ0) is 21.1. The van der Waals surface area contributed by atoms with Crippen LogP contribution in [0.15, 0.2) is 78.8 Å². The van der Waals surface area contributed by atoms with Crippen LogP contribution in [0.1, 0.15) is 11.1 Å². The smallest absolute Gasteiger partial charge is 0.278 e. The Morgan fingerprint density at radius 1 is 1.00 bits per heavy atom. The molecule has 3 aromatic rings. The van der Waals surface area contributed by atoms with Gasteiger partial charge in [0.25, 0.3) is 11.8 Å². The third-order valence-electron chi connectivity index (χ3n) is 4.72. The van der Waals surface area contributed by atoms with E-state index in [1.807, 2.05) is 0 Å². The van der Waals surface area contributed by atoms with Crippen LogP contribution in [0, 0.1) is 5.82 Å². The van der Waals surface area contributed by atoms with Crippen LogP contribution >= 0.6 is 0 Å². The Balaban J connectivity index is 1.78. The average molecular weight is 403 g/mol. The zero-order valence-electron chi connectivity index (χ0n) is 16.1. The lowest BCUT2D eigenvalue weighted by Crippen LogP contribution is -2.32. The van der Waals surface area contributed by atoms with Crippen LogP contribution in [0.2, 0.25) is 0 Å². The van der Waals surface area contributed by atoms with E-state index >= 15 is 0 Å². The zero-order valence-corrected chi connectivity index (χ0v) is 16.1. The van der Waals surface area contributed by atoms with Gasteiger partial charge < -0.3 is 10.1 Å². The fraction of sp³-hybridized carbons (Fsp3) is 0.0870. The van der Waals surface area contributed by atoms with E-state index < -0.39 is 17.6 Å². The number of benzene rings is 2. The van der Waals surface area contributed by atoms with Crippen molar-refractivity contribution in [2.24, 2.45) is 0 Å². The van der Waals surface area contributed by atoms with Gasteiger partial charge in [0.15, 0.2) is 0 Å². The number of hydrogen-bond donors (Lipinski definition) is 1. The monoisotopic (exact) mass is 403 g/mol. The molecule has 0 saturated carbocycles. The Morgan fingerprint density at radius 3 is 2.47 bits per heavy atom. The van der Waals surface area contributed by atoms with E-state index in [2.05, 4.69) is 10.3 Å². The standard InChI is InChI=1S/C23H18FN3O3/c1-30-19-7-3-2-6-18(19)20-21(26-17-10-8-16(24)9-11-17)23(29)27(22(20)28)14-15-5-4-12-25-13-15/h2-13,26H,14H2,1H3. The van der Waals surface area contributed by atoms with E-state index in [0.29, 0.717) is 17.0 Å². The summed E-state index contributed by atoms with van der Waals surface area (Å²) in [5.41, 5.74) is 2.02. The third-order valence-corrected chi connectivity index (χ3v) is 4.72. The molecule has 4 rings (SSSR count). The van der Waals surface area contributed by atoms with E-state index in [1.54, 1.807) is 48.8 Å². The molecule has 0 spiro atoms. The van der Waals surface area contributed by atoms with Crippen LogP contribution in [0.4, 0.5) is 10.1 Å². The molecule has 6 nitrogen and oxygen atoms in total. The number of rotatable bonds is 6. The van der Waals surface area contributed by atoms with Gasteiger partial charge in [0.1, 0.15) is 17.3 Å². The molecule has 1 N–H and O–H groups in total. The summed E-state index contributed by atoms with van der Waals surface area (Å²) in [6.07, 6.45) is 3.23. The molecule has 1 aromatic heterocycles. The molecule has 0 atom stereocenters. The number of nitrogens with one attached hydrogen (secondary N) is 1. The highest BCUT2D eigenvalue weighted by molar-refractivity contribution is 6.36. The van der Waals surface area contributed by atoms with Crippen molar-refractivity contribution in [1.29, 1.82) is 0 Å². The molecule has 0 aliphatic carbocycles. The number of para-hydroxylation sites is 1. The lowest BCUT2D eigenvalue weighted by molar-refractivity contribution is -0.137. The van der Waals surface area contributed by atoms with Crippen LogP contribution in [0.25, 0.3) is 5.57 Å². The summed E-state index contributed by atoms with van der Waals surface area (Å²) < 4.78 is 18.7. The Labute approximate surface area is 172 Å². The maximum Gasteiger partial charge on any atom is 0.278 e. The predicted octanol–water partition coefficient (Wildman–Crippen LogP) is 3.62. The summed E-state index contributed by atoms with van der Waals surface area (Å²) in [6.45, 7) is 0.0821. The van der Waals surface area contributed by atoms with Crippen molar-refractivity contribution in [3.63, 3.8) is 0 Å². The lowest BCUT2D eigenvalue weighted by atomic mass is 10.0. The van der Waals surface area contributed by atoms with E-state index in [1.165, 1.54) is 31.4 Å². The minimum Gasteiger partial charge on any atom is -0.496 e. The maximum absolute atomic E-state index is 13.3. The van der Waals surface area contributed by atoms with Crippen molar-refractivity contribution in [2.75, 3.05) is 12.4 Å². The van der Waals surface area contributed by atoms with Gasteiger partial charge in [-0.25, -0.2) is 4.39 Å². The molecule has 0 unspecified atom stereocenters. The van der Waals surface area contributed by atoms with Gasteiger partial charge in [-0.2, -0.15) is 0 Å². The molecule has 2 amide bonds. The fourth-order valence-corrected chi connectivity index (χ4v) is 3.29. The number of aromatic nitrogens is 1. The van der Waals surface area contributed by atoms with E-state index in [-0.39, 0.29) is 17.8 Å². The molecule has 0 radical (unpaired) electrons. The van der Waals surface area contributed by atoms with Crippen LogP contribution in [-0.4, -0.2) is 28.8 Å². The normalized spacial score (nSPS) is 13.7. The Kier molecular flexibility index (Phi) is 5.26. The number of carbonyl (C=O) groups is 2. The van der Waals surface area contributed by atoms with Crippen LogP contribution in [-0.2, 0) is 16.1 Å². The highest BCUT2D eigenvalue weighted by Crippen LogP contribution is 2.35. The summed E-state index contributed by atoms with van der Waals surface area (Å²) in [5, 5.41) is 2.99. The van der Waals surface area contributed by atoms with E-state index in [9.17, 15) is 14.0 Å². The number of anilines is 1. The number of methoxy groups -OCH3 is 1. The number of hydrogen-bond acceptors (Lipinski definition) is 5. The van der Waals surface area contributed by atoms with E-state index in [0.717, 1.165) is 10.5 Å². The summed E-state index contributed by atoms with van der Waals surface area (Å²) in [4.78, 5) is 31.7. The number of halogens is 1. The first kappa shape index (κ1) is 19.3. The van der Waals surface area contributed by atoms with Gasteiger partial charge in [-0.15, -0.1) is 0 Å². The number of imide groups is 1. The molecule has 1 aliphatic heterocycles. The summed E-state index contributed by atoms with van der Waals surface area (Å²) in [5.74, 6) is -0.853. The lowest BCUT2D eigenvalue weighted by Gasteiger charge is -2.15.